The first-order valence-electron chi connectivity index (χ1n) is 9.10. The van der Waals surface area contributed by atoms with E-state index in [4.69, 9.17) is 10.5 Å². The largest absolute Gasteiger partial charge is 0.493 e. The van der Waals surface area contributed by atoms with Crippen LogP contribution in [0.25, 0.3) is 11.0 Å². The third-order valence-electron chi connectivity index (χ3n) is 5.03. The van der Waals surface area contributed by atoms with E-state index in [2.05, 4.69) is 21.9 Å². The van der Waals surface area contributed by atoms with Crippen molar-refractivity contribution >= 4 is 39.1 Å². The van der Waals surface area contributed by atoms with Gasteiger partial charge in [-0.05, 0) is 42.6 Å². The van der Waals surface area contributed by atoms with Crippen molar-refractivity contribution in [2.45, 2.75) is 19.8 Å². The molecule has 0 atom stereocenters. The average Bonchev–Trinajstić information content (AvgIpc) is 3.11. The summed E-state index contributed by atoms with van der Waals surface area (Å²) in [5, 5.41) is 5.41. The molecule has 0 saturated carbocycles. The quantitative estimate of drug-likeness (QED) is 0.842. The Morgan fingerprint density at radius 1 is 1.29 bits per heavy atom. The van der Waals surface area contributed by atoms with E-state index in [1.54, 1.807) is 18.2 Å². The Morgan fingerprint density at radius 2 is 2.04 bits per heavy atom. The van der Waals surface area contributed by atoms with Gasteiger partial charge in [-0.25, -0.2) is 0 Å². The van der Waals surface area contributed by atoms with Crippen molar-refractivity contribution in [3.05, 3.63) is 45.5 Å². The molecular weight excluding hydrogens is 378 g/mol. The van der Waals surface area contributed by atoms with Gasteiger partial charge < -0.3 is 15.4 Å². The molecule has 0 spiro atoms. The van der Waals surface area contributed by atoms with Crippen molar-refractivity contribution in [2.24, 2.45) is 5.92 Å². The fourth-order valence-electron chi connectivity index (χ4n) is 3.28. The monoisotopic (exact) mass is 399 g/mol. The number of ketones is 1. The first kappa shape index (κ1) is 18.4. The highest BCUT2D eigenvalue weighted by molar-refractivity contribution is 7.20. The molecule has 0 bridgehead atoms. The number of methoxy groups -OCH3 is 1. The highest BCUT2D eigenvalue weighted by Crippen LogP contribution is 2.28. The number of aromatic nitrogens is 3. The van der Waals surface area contributed by atoms with Crippen LogP contribution in [0.15, 0.2) is 34.4 Å². The lowest BCUT2D eigenvalue weighted by atomic mass is 10.00. The molecule has 0 amide bonds. The van der Waals surface area contributed by atoms with Crippen molar-refractivity contribution in [3.63, 3.8) is 0 Å². The molecule has 8 nitrogen and oxygen atoms in total. The van der Waals surface area contributed by atoms with Gasteiger partial charge in [0.2, 0.25) is 15.9 Å². The maximum Gasteiger partial charge on any atom is 0.283 e. The molecule has 146 valence electrons. The number of carbonyl (C=O) groups excluding carboxylic acids is 1. The SMILES string of the molecule is COC1=CC(=Cc2c(N)n3nc(N4CCC(C)CC4)sc3nc2=O)C=CC1=O. The Bertz CT molecular complexity index is 1090. The average molecular weight is 399 g/mol. The summed E-state index contributed by atoms with van der Waals surface area (Å²) in [4.78, 5) is 31.1. The van der Waals surface area contributed by atoms with Gasteiger partial charge in [0.25, 0.3) is 5.56 Å². The first-order valence-corrected chi connectivity index (χ1v) is 9.92. The van der Waals surface area contributed by atoms with Gasteiger partial charge in [-0.3, -0.25) is 9.59 Å². The molecule has 0 aromatic carbocycles. The summed E-state index contributed by atoms with van der Waals surface area (Å²) in [6, 6.07) is 0. The highest BCUT2D eigenvalue weighted by Gasteiger charge is 2.21. The minimum absolute atomic E-state index is 0.205. The van der Waals surface area contributed by atoms with Gasteiger partial charge in [0.15, 0.2) is 5.76 Å². The zero-order valence-electron chi connectivity index (χ0n) is 15.7. The van der Waals surface area contributed by atoms with Crippen LogP contribution < -0.4 is 16.2 Å². The molecule has 1 saturated heterocycles. The lowest BCUT2D eigenvalue weighted by molar-refractivity contribution is -0.114. The van der Waals surface area contributed by atoms with Gasteiger partial charge in [-0.15, -0.1) is 5.10 Å². The fraction of sp³-hybridized carbons (Fsp3) is 0.368. The number of carbonyl (C=O) groups is 1. The summed E-state index contributed by atoms with van der Waals surface area (Å²) in [7, 11) is 1.43. The molecule has 0 unspecified atom stereocenters. The molecule has 2 N–H and O–H groups in total. The van der Waals surface area contributed by atoms with E-state index in [9.17, 15) is 9.59 Å². The molecule has 0 radical (unpaired) electrons. The number of fused-ring (bicyclic) bond motifs is 1. The fourth-order valence-corrected chi connectivity index (χ4v) is 4.23. The van der Waals surface area contributed by atoms with Crippen LogP contribution in [0.1, 0.15) is 25.3 Å². The lowest BCUT2D eigenvalue weighted by Gasteiger charge is -2.29. The standard InChI is InChI=1S/C19H21N5O3S/c1-11-5-7-23(8-6-11)19-22-24-16(20)13(17(26)21-18(24)28-19)9-12-3-4-14(25)15(10-12)27-2/h3-4,9-11H,5-8,20H2,1-2H3. The van der Waals surface area contributed by atoms with Gasteiger partial charge in [-0.2, -0.15) is 9.50 Å². The summed E-state index contributed by atoms with van der Waals surface area (Å²) >= 11 is 1.37. The molecule has 2 aliphatic rings. The van der Waals surface area contributed by atoms with Crippen LogP contribution >= 0.6 is 11.3 Å². The smallest absolute Gasteiger partial charge is 0.283 e. The Balaban J connectivity index is 1.73. The third kappa shape index (κ3) is 3.33. The highest BCUT2D eigenvalue weighted by atomic mass is 32.1. The van der Waals surface area contributed by atoms with E-state index < -0.39 is 5.56 Å². The van der Waals surface area contributed by atoms with E-state index >= 15 is 0 Å². The lowest BCUT2D eigenvalue weighted by Crippen LogP contribution is -2.32. The Morgan fingerprint density at radius 3 is 2.75 bits per heavy atom. The first-order chi connectivity index (χ1) is 13.5. The molecule has 1 aliphatic heterocycles. The number of piperidine rings is 1. The second kappa shape index (κ2) is 7.23. The summed E-state index contributed by atoms with van der Waals surface area (Å²) in [6.45, 7) is 4.13. The third-order valence-corrected chi connectivity index (χ3v) is 6.00. The van der Waals surface area contributed by atoms with Gasteiger partial charge in [0.05, 0.1) is 12.7 Å². The number of anilines is 2. The molecule has 1 aliphatic carbocycles. The summed E-state index contributed by atoms with van der Waals surface area (Å²) in [5.41, 5.74) is 6.70. The van der Waals surface area contributed by atoms with Crippen molar-refractivity contribution in [3.8, 4) is 0 Å². The molecule has 1 fully saturated rings. The molecule has 28 heavy (non-hydrogen) atoms. The zero-order valence-corrected chi connectivity index (χ0v) is 16.5. The Kier molecular flexibility index (Phi) is 4.76. The van der Waals surface area contributed by atoms with Crippen molar-refractivity contribution in [2.75, 3.05) is 30.8 Å². The minimum Gasteiger partial charge on any atom is -0.493 e. The number of hydrogen-bond donors (Lipinski definition) is 1. The molecule has 3 heterocycles. The molecule has 2 aromatic rings. The van der Waals surface area contributed by atoms with Gasteiger partial charge >= 0.3 is 0 Å². The molecule has 9 heteroatoms. The van der Waals surface area contributed by atoms with E-state index in [-0.39, 0.29) is 22.9 Å². The Hall–Kier alpha value is -2.94. The van der Waals surface area contributed by atoms with E-state index in [1.165, 1.54) is 29.0 Å². The van der Waals surface area contributed by atoms with E-state index in [1.807, 2.05) is 0 Å². The number of nitrogens with zero attached hydrogens (tertiary/aromatic N) is 4. The zero-order chi connectivity index (χ0) is 19.8. The topological polar surface area (TPSA) is 103 Å². The van der Waals surface area contributed by atoms with Crippen molar-refractivity contribution in [1.29, 1.82) is 0 Å². The maximum absolute atomic E-state index is 12.5. The number of allylic oxidation sites excluding steroid dienone is 4. The van der Waals surface area contributed by atoms with Crippen LogP contribution in [0, 0.1) is 5.92 Å². The number of nitrogen functional groups attached to an aromatic ring is 1. The minimum atomic E-state index is -0.426. The second-order valence-electron chi connectivity index (χ2n) is 7.02. The van der Waals surface area contributed by atoms with Gasteiger partial charge in [0, 0.05) is 13.1 Å². The van der Waals surface area contributed by atoms with Crippen LogP contribution in [0.3, 0.4) is 0 Å². The number of rotatable bonds is 3. The predicted molar refractivity (Wildman–Crippen MR) is 109 cm³/mol. The maximum atomic E-state index is 12.5. The van der Waals surface area contributed by atoms with Crippen LogP contribution in [-0.2, 0) is 9.53 Å². The van der Waals surface area contributed by atoms with Crippen LogP contribution in [0.5, 0.6) is 0 Å². The summed E-state index contributed by atoms with van der Waals surface area (Å²) in [6.07, 6.45) is 8.40. The van der Waals surface area contributed by atoms with E-state index in [0.29, 0.717) is 16.5 Å². The number of ether oxygens (including phenoxy) is 1. The summed E-state index contributed by atoms with van der Waals surface area (Å²) in [5.74, 6) is 0.927. The van der Waals surface area contributed by atoms with Crippen molar-refractivity contribution in [1.82, 2.24) is 14.6 Å². The van der Waals surface area contributed by atoms with Crippen LogP contribution in [-0.4, -0.2) is 40.6 Å². The van der Waals surface area contributed by atoms with Crippen LogP contribution in [0.4, 0.5) is 10.9 Å². The normalized spacial score (nSPS) is 19.5. The van der Waals surface area contributed by atoms with Crippen LogP contribution in [0.2, 0.25) is 0 Å². The number of hydrogen-bond acceptors (Lipinski definition) is 8. The Labute approximate surface area is 165 Å². The predicted octanol–water partition coefficient (Wildman–Crippen LogP) is 2.02. The molecular formula is C19H21N5O3S. The second-order valence-corrected chi connectivity index (χ2v) is 7.95. The molecule has 2 aromatic heterocycles. The van der Waals surface area contributed by atoms with Gasteiger partial charge in [-0.1, -0.05) is 24.3 Å². The number of nitrogens with two attached hydrogens (primary N) is 1. The molecule has 4 rings (SSSR count). The van der Waals surface area contributed by atoms with Crippen molar-refractivity contribution < 1.29 is 9.53 Å². The summed E-state index contributed by atoms with van der Waals surface area (Å²) < 4.78 is 6.57. The van der Waals surface area contributed by atoms with E-state index in [0.717, 1.165) is 31.1 Å². The van der Waals surface area contributed by atoms with Gasteiger partial charge in [0.1, 0.15) is 5.82 Å².